The molecule has 2 bridgehead atoms. The normalized spacial score (nSPS) is 17.5. The minimum absolute atomic E-state index is 0.0413. The number of hydrogen-bond acceptors (Lipinski definition) is 12. The summed E-state index contributed by atoms with van der Waals surface area (Å²) in [6.07, 6.45) is 6.48. The van der Waals surface area contributed by atoms with E-state index in [0.29, 0.717) is 69.7 Å². The molecular weight excluding hydrogens is 794 g/mol. The molecule has 320 valence electrons. The molecule has 2 fully saturated rings. The lowest BCUT2D eigenvalue weighted by Gasteiger charge is -2.38. The van der Waals surface area contributed by atoms with Gasteiger partial charge in [0.25, 0.3) is 5.91 Å². The van der Waals surface area contributed by atoms with E-state index in [9.17, 15) is 13.6 Å². The van der Waals surface area contributed by atoms with Crippen molar-refractivity contribution in [2.45, 2.75) is 83.0 Å². The molecule has 3 heterocycles. The first-order chi connectivity index (χ1) is 28.6. The fraction of sp³-hybridized carbons (Fsp3) is 0.500. The summed E-state index contributed by atoms with van der Waals surface area (Å²) in [6, 6.07) is 11.1. The van der Waals surface area contributed by atoms with Gasteiger partial charge in [0.1, 0.15) is 17.4 Å². The fourth-order valence-electron chi connectivity index (χ4n) is 7.58. The molecule has 17 heteroatoms. The Labute approximate surface area is 347 Å². The molecular formula is C42H51ClF2N4O10. The van der Waals surface area contributed by atoms with E-state index < -0.39 is 29.2 Å². The third-order valence-electron chi connectivity index (χ3n) is 10.7. The molecule has 2 unspecified atom stereocenters. The van der Waals surface area contributed by atoms with Gasteiger partial charge >= 0.3 is 6.09 Å². The van der Waals surface area contributed by atoms with Crippen LogP contribution in [-0.2, 0) is 36.8 Å². The summed E-state index contributed by atoms with van der Waals surface area (Å²) in [7, 11) is 1.64. The largest absolute Gasteiger partial charge is 0.489 e. The Morgan fingerprint density at radius 2 is 1.64 bits per heavy atom. The van der Waals surface area contributed by atoms with Gasteiger partial charge in [-0.25, -0.2) is 23.4 Å². The molecule has 3 aliphatic rings. The van der Waals surface area contributed by atoms with E-state index in [-0.39, 0.29) is 61.8 Å². The first-order valence-corrected chi connectivity index (χ1v) is 20.2. The number of halogens is 3. The lowest BCUT2D eigenvalue weighted by Crippen LogP contribution is -2.49. The van der Waals surface area contributed by atoms with E-state index in [1.165, 1.54) is 0 Å². The highest BCUT2D eigenvalue weighted by atomic mass is 35.5. The molecule has 1 aliphatic carbocycles. The Bertz CT molecular complexity index is 1930. The van der Waals surface area contributed by atoms with Crippen molar-refractivity contribution in [1.29, 1.82) is 0 Å². The minimum Gasteiger partial charge on any atom is -0.489 e. The van der Waals surface area contributed by atoms with Gasteiger partial charge in [-0.1, -0.05) is 35.9 Å². The summed E-state index contributed by atoms with van der Waals surface area (Å²) in [4.78, 5) is 41.3. The summed E-state index contributed by atoms with van der Waals surface area (Å²) in [5.74, 6) is -1.40. The van der Waals surface area contributed by atoms with Crippen LogP contribution in [-0.4, -0.2) is 114 Å². The van der Waals surface area contributed by atoms with Crippen LogP contribution in [0.4, 0.5) is 13.6 Å². The number of hydrogen-bond donors (Lipinski definition) is 2. The van der Waals surface area contributed by atoms with Crippen molar-refractivity contribution in [3.8, 4) is 11.6 Å². The number of aromatic nitrogens is 1. The molecule has 3 aromatic rings. The molecule has 59 heavy (non-hydrogen) atoms. The minimum atomic E-state index is -0.754. The van der Waals surface area contributed by atoms with Gasteiger partial charge < -0.3 is 28.6 Å². The average molecular weight is 845 g/mol. The van der Waals surface area contributed by atoms with Crippen LogP contribution in [0.5, 0.6) is 11.6 Å². The predicted octanol–water partition coefficient (Wildman–Crippen LogP) is 7.10. The number of fused-ring (bicyclic) bond motifs is 2. The number of methoxy groups -OCH3 is 1. The number of nitrogens with zero attached hydrogens (tertiary/aromatic N) is 4. The summed E-state index contributed by atoms with van der Waals surface area (Å²) in [5.41, 5.74) is 5.12. The van der Waals surface area contributed by atoms with Crippen molar-refractivity contribution < 1.29 is 57.3 Å². The van der Waals surface area contributed by atoms with E-state index in [1.54, 1.807) is 18.2 Å². The number of aryl methyl sites for hydroxylation is 1. The van der Waals surface area contributed by atoms with Gasteiger partial charge in [-0.15, -0.1) is 0 Å². The monoisotopic (exact) mass is 844 g/mol. The second-order valence-electron chi connectivity index (χ2n) is 14.6. The SMILES string of the molecule is COCCCOc1nccc(CN(C(=O)C2=C(c3ccc(CCCOc4c(F)ccc(F)c4Cl)cc3)CC3CCC2N3C(=O)OCCOCCON(O)O)C2CC2)c1C. The standard InChI is InChI=1S/C42H51ClF2N4O10/c1-27-30(16-17-46-40(27)57-20-4-18-54-2)26-47(31-10-11-31)41(50)37-33(25-32-12-15-36(37)48(32)42(51)58-23-21-55-22-24-59-49(52)53)29-8-6-28(7-9-29)5-3-19-56-39-35(45)14-13-34(44)38(39)43/h6-9,13-14,16-17,31-32,36,52-53H,3-5,10-12,15,18-26H2,1-2H3. The molecule has 1 saturated heterocycles. The van der Waals surface area contributed by atoms with E-state index in [0.717, 1.165) is 52.8 Å². The van der Waals surface area contributed by atoms with Crippen LogP contribution in [0.25, 0.3) is 5.57 Å². The van der Waals surface area contributed by atoms with Crippen molar-refractivity contribution in [2.75, 3.05) is 53.4 Å². The third-order valence-corrected chi connectivity index (χ3v) is 11.0. The predicted molar refractivity (Wildman–Crippen MR) is 210 cm³/mol. The van der Waals surface area contributed by atoms with Crippen molar-refractivity contribution in [2.24, 2.45) is 0 Å². The van der Waals surface area contributed by atoms with E-state index in [2.05, 4.69) is 9.82 Å². The first kappa shape index (κ1) is 44.1. The number of rotatable bonds is 22. The van der Waals surface area contributed by atoms with Crippen LogP contribution in [0, 0.1) is 18.6 Å². The maximum absolute atomic E-state index is 15.1. The maximum Gasteiger partial charge on any atom is 0.410 e. The average Bonchev–Trinajstić information content (AvgIpc) is 4.02. The highest BCUT2D eigenvalue weighted by Gasteiger charge is 2.49. The molecule has 2 aliphatic heterocycles. The Balaban J connectivity index is 1.21. The van der Waals surface area contributed by atoms with Crippen LogP contribution in [0.1, 0.15) is 67.2 Å². The summed E-state index contributed by atoms with van der Waals surface area (Å²) in [5, 5.41) is 16.5. The van der Waals surface area contributed by atoms with Gasteiger partial charge in [0.15, 0.2) is 11.6 Å². The molecule has 1 aromatic heterocycles. The maximum atomic E-state index is 15.1. The number of pyridine rings is 1. The van der Waals surface area contributed by atoms with Crippen LogP contribution in [0.3, 0.4) is 0 Å². The van der Waals surface area contributed by atoms with E-state index >= 15 is 4.79 Å². The number of amides is 2. The van der Waals surface area contributed by atoms with Crippen molar-refractivity contribution in [3.63, 3.8) is 0 Å². The zero-order chi connectivity index (χ0) is 41.9. The second-order valence-corrected chi connectivity index (χ2v) is 15.0. The summed E-state index contributed by atoms with van der Waals surface area (Å²) in [6.45, 7) is 3.39. The molecule has 1 saturated carbocycles. The van der Waals surface area contributed by atoms with Gasteiger partial charge in [-0.2, -0.15) is 0 Å². The summed E-state index contributed by atoms with van der Waals surface area (Å²) < 4.78 is 55.6. The quantitative estimate of drug-likeness (QED) is 0.0603. The van der Waals surface area contributed by atoms with E-state index in [4.69, 9.17) is 45.7 Å². The molecule has 2 amide bonds. The Morgan fingerprint density at radius 3 is 2.39 bits per heavy atom. The van der Waals surface area contributed by atoms with Crippen LogP contribution < -0.4 is 9.47 Å². The van der Waals surface area contributed by atoms with Gasteiger partial charge in [-0.05, 0) is 92.3 Å². The van der Waals surface area contributed by atoms with Gasteiger partial charge in [-0.3, -0.25) is 20.1 Å². The Morgan fingerprint density at radius 1 is 0.898 bits per heavy atom. The second kappa shape index (κ2) is 21.2. The first-order valence-electron chi connectivity index (χ1n) is 19.9. The summed E-state index contributed by atoms with van der Waals surface area (Å²) >= 11 is 5.91. The zero-order valence-corrected chi connectivity index (χ0v) is 34.0. The molecule has 0 radical (unpaired) electrons. The molecule has 6 rings (SSSR count). The fourth-order valence-corrected chi connectivity index (χ4v) is 7.78. The van der Waals surface area contributed by atoms with Gasteiger partial charge in [0, 0.05) is 56.1 Å². The van der Waals surface area contributed by atoms with Gasteiger partial charge in [0.2, 0.25) is 5.88 Å². The van der Waals surface area contributed by atoms with Gasteiger partial charge in [0.05, 0.1) is 44.5 Å². The number of carbonyl (C=O) groups is 2. The topological polar surface area (TPSA) is 153 Å². The third kappa shape index (κ3) is 11.4. The number of benzene rings is 2. The lowest BCUT2D eigenvalue weighted by atomic mass is 9.87. The van der Waals surface area contributed by atoms with Crippen molar-refractivity contribution >= 4 is 29.2 Å². The van der Waals surface area contributed by atoms with Crippen LogP contribution >= 0.6 is 11.6 Å². The van der Waals surface area contributed by atoms with Crippen LogP contribution in [0.15, 0.2) is 54.2 Å². The molecule has 2 atom stereocenters. The molecule has 0 spiro atoms. The Kier molecular flexibility index (Phi) is 15.9. The van der Waals surface area contributed by atoms with Crippen molar-refractivity contribution in [1.82, 2.24) is 20.2 Å². The highest BCUT2D eigenvalue weighted by molar-refractivity contribution is 6.32. The van der Waals surface area contributed by atoms with Crippen LogP contribution in [0.2, 0.25) is 5.02 Å². The highest BCUT2D eigenvalue weighted by Crippen LogP contribution is 2.45. The number of ether oxygens (including phenoxy) is 5. The van der Waals surface area contributed by atoms with E-state index in [1.807, 2.05) is 42.2 Å². The number of carbonyl (C=O) groups excluding carboxylic acids is 2. The molecule has 14 nitrogen and oxygen atoms in total. The van der Waals surface area contributed by atoms with Crippen molar-refractivity contribution in [3.05, 3.63) is 93.1 Å². The smallest absolute Gasteiger partial charge is 0.410 e. The molecule has 2 aromatic carbocycles. The zero-order valence-electron chi connectivity index (χ0n) is 33.2. The lowest BCUT2D eigenvalue weighted by molar-refractivity contribution is -0.493. The Hall–Kier alpha value is -4.42. The molecule has 2 N–H and O–H groups in total.